The van der Waals surface area contributed by atoms with Gasteiger partial charge in [-0.15, -0.1) is 0 Å². The first kappa shape index (κ1) is 10.9. The molecule has 1 N–H and O–H groups in total. The van der Waals surface area contributed by atoms with Crippen LogP contribution in [0.3, 0.4) is 0 Å². The fourth-order valence-electron chi connectivity index (χ4n) is 1.55. The predicted octanol–water partition coefficient (Wildman–Crippen LogP) is 1.72. The van der Waals surface area contributed by atoms with Crippen LogP contribution in [0.2, 0.25) is 0 Å². The number of rotatable bonds is 1. The van der Waals surface area contributed by atoms with E-state index < -0.39 is 24.5 Å². The molecule has 1 heterocycles. The molecule has 2 rings (SSSR count). The average molecular weight is 230 g/mol. The van der Waals surface area contributed by atoms with E-state index in [9.17, 15) is 18.0 Å². The lowest BCUT2D eigenvalue weighted by molar-refractivity contribution is -0.174. The Morgan fingerprint density at radius 2 is 1.88 bits per heavy atom. The highest BCUT2D eigenvalue weighted by atomic mass is 19.4. The lowest BCUT2D eigenvalue weighted by Crippen LogP contribution is -2.36. The van der Waals surface area contributed by atoms with E-state index in [-0.39, 0.29) is 0 Å². The van der Waals surface area contributed by atoms with E-state index in [4.69, 9.17) is 0 Å². The number of benzene rings is 1. The standard InChI is InChI=1S/C10H9F3N2O/c11-10(12,13)8-6-14-15(9(8)16)7-4-2-1-3-5-7/h1-5,8,14H,6H2. The van der Waals surface area contributed by atoms with Gasteiger partial charge in [-0.1, -0.05) is 18.2 Å². The van der Waals surface area contributed by atoms with Crippen LogP contribution in [0.1, 0.15) is 0 Å². The highest BCUT2D eigenvalue weighted by Gasteiger charge is 2.50. The van der Waals surface area contributed by atoms with Gasteiger partial charge in [-0.3, -0.25) is 4.79 Å². The SMILES string of the molecule is O=C1C(C(F)(F)F)CNN1c1ccccc1. The Kier molecular flexibility index (Phi) is 2.59. The van der Waals surface area contributed by atoms with Crippen LogP contribution < -0.4 is 10.4 Å². The van der Waals surface area contributed by atoms with E-state index in [0.717, 1.165) is 5.01 Å². The van der Waals surface area contributed by atoms with Gasteiger partial charge < -0.3 is 0 Å². The van der Waals surface area contributed by atoms with Crippen LogP contribution in [-0.2, 0) is 4.79 Å². The summed E-state index contributed by atoms with van der Waals surface area (Å²) >= 11 is 0. The van der Waals surface area contributed by atoms with Crippen molar-refractivity contribution in [3.63, 3.8) is 0 Å². The molecule has 1 unspecified atom stereocenters. The molecule has 1 saturated heterocycles. The molecule has 3 nitrogen and oxygen atoms in total. The first-order valence-corrected chi connectivity index (χ1v) is 4.69. The summed E-state index contributed by atoms with van der Waals surface area (Å²) < 4.78 is 37.2. The van der Waals surface area contributed by atoms with Gasteiger partial charge in [0.25, 0.3) is 5.91 Å². The van der Waals surface area contributed by atoms with Crippen molar-refractivity contribution in [3.8, 4) is 0 Å². The molecule has 1 aliphatic heterocycles. The summed E-state index contributed by atoms with van der Waals surface area (Å²) in [6.07, 6.45) is -4.49. The first-order valence-electron chi connectivity index (χ1n) is 4.69. The summed E-state index contributed by atoms with van der Waals surface area (Å²) in [6, 6.07) is 8.19. The predicted molar refractivity (Wildman–Crippen MR) is 51.5 cm³/mol. The number of alkyl halides is 3. The van der Waals surface area contributed by atoms with Crippen molar-refractivity contribution in [3.05, 3.63) is 30.3 Å². The van der Waals surface area contributed by atoms with Gasteiger partial charge in [0.05, 0.1) is 5.69 Å². The summed E-state index contributed by atoms with van der Waals surface area (Å²) in [5, 5.41) is 0.943. The molecule has 86 valence electrons. The number of amides is 1. The molecule has 1 fully saturated rings. The smallest absolute Gasteiger partial charge is 0.272 e. The summed E-state index contributed by atoms with van der Waals surface area (Å²) in [5.74, 6) is -2.91. The first-order chi connectivity index (χ1) is 7.50. The number of para-hydroxylation sites is 1. The van der Waals surface area contributed by atoms with Gasteiger partial charge in [0.1, 0.15) is 5.92 Å². The largest absolute Gasteiger partial charge is 0.401 e. The van der Waals surface area contributed by atoms with E-state index >= 15 is 0 Å². The molecule has 0 aliphatic carbocycles. The van der Waals surface area contributed by atoms with Gasteiger partial charge in [-0.2, -0.15) is 13.2 Å². The Hall–Kier alpha value is -1.56. The molecule has 16 heavy (non-hydrogen) atoms. The van der Waals surface area contributed by atoms with E-state index in [1.165, 1.54) is 0 Å². The quantitative estimate of drug-likeness (QED) is 0.796. The van der Waals surface area contributed by atoms with Crippen molar-refractivity contribution in [2.75, 3.05) is 11.6 Å². The molecular weight excluding hydrogens is 221 g/mol. The molecule has 6 heteroatoms. The van der Waals surface area contributed by atoms with E-state index in [1.807, 2.05) is 0 Å². The molecule has 1 atom stereocenters. The number of hydrazine groups is 1. The Balaban J connectivity index is 2.20. The van der Waals surface area contributed by atoms with Gasteiger partial charge in [-0.05, 0) is 12.1 Å². The number of hydrogen-bond donors (Lipinski definition) is 1. The number of carbonyl (C=O) groups is 1. The van der Waals surface area contributed by atoms with E-state index in [1.54, 1.807) is 30.3 Å². The van der Waals surface area contributed by atoms with Crippen LogP contribution in [0.4, 0.5) is 18.9 Å². The number of carbonyl (C=O) groups excluding carboxylic acids is 1. The highest BCUT2D eigenvalue weighted by molar-refractivity contribution is 5.96. The molecule has 0 bridgehead atoms. The number of halogens is 3. The summed E-state index contributed by atoms with van der Waals surface area (Å²) in [5.41, 5.74) is 2.86. The fraction of sp³-hybridized carbons (Fsp3) is 0.300. The molecule has 1 amide bonds. The molecule has 0 spiro atoms. The minimum atomic E-state index is -4.49. The van der Waals surface area contributed by atoms with Crippen LogP contribution in [0.15, 0.2) is 30.3 Å². The Morgan fingerprint density at radius 3 is 2.38 bits per heavy atom. The fourth-order valence-corrected chi connectivity index (χ4v) is 1.55. The maximum Gasteiger partial charge on any atom is 0.401 e. The molecule has 0 aromatic heterocycles. The number of nitrogens with zero attached hydrogens (tertiary/aromatic N) is 1. The van der Waals surface area contributed by atoms with Crippen LogP contribution in [0.5, 0.6) is 0 Å². The van der Waals surface area contributed by atoms with Crippen molar-refractivity contribution >= 4 is 11.6 Å². The zero-order chi connectivity index (χ0) is 11.8. The molecule has 1 aliphatic rings. The maximum absolute atomic E-state index is 12.4. The van der Waals surface area contributed by atoms with Gasteiger partial charge >= 0.3 is 6.18 Å². The molecule has 0 radical (unpaired) electrons. The monoisotopic (exact) mass is 230 g/mol. The van der Waals surface area contributed by atoms with Crippen molar-refractivity contribution in [1.82, 2.24) is 5.43 Å². The third kappa shape index (κ3) is 1.88. The second-order valence-electron chi connectivity index (χ2n) is 3.47. The topological polar surface area (TPSA) is 32.3 Å². The minimum Gasteiger partial charge on any atom is -0.272 e. The van der Waals surface area contributed by atoms with E-state index in [0.29, 0.717) is 5.69 Å². The third-order valence-corrected chi connectivity index (χ3v) is 2.38. The summed E-state index contributed by atoms with van der Waals surface area (Å²) in [6.45, 7) is -0.406. The summed E-state index contributed by atoms with van der Waals surface area (Å²) in [4.78, 5) is 11.5. The van der Waals surface area contributed by atoms with Crippen LogP contribution in [-0.4, -0.2) is 18.6 Å². The second kappa shape index (κ2) is 3.79. The number of anilines is 1. The number of nitrogens with one attached hydrogen (secondary N) is 1. The van der Waals surface area contributed by atoms with Crippen molar-refractivity contribution in [1.29, 1.82) is 0 Å². The van der Waals surface area contributed by atoms with Crippen molar-refractivity contribution in [2.24, 2.45) is 5.92 Å². The van der Waals surface area contributed by atoms with Crippen LogP contribution >= 0.6 is 0 Å². The van der Waals surface area contributed by atoms with Crippen LogP contribution in [0, 0.1) is 5.92 Å². The second-order valence-corrected chi connectivity index (χ2v) is 3.47. The average Bonchev–Trinajstić information content (AvgIpc) is 2.61. The molecule has 0 saturated carbocycles. The Labute approximate surface area is 89.8 Å². The maximum atomic E-state index is 12.4. The molecule has 1 aromatic carbocycles. The minimum absolute atomic E-state index is 0.406. The third-order valence-electron chi connectivity index (χ3n) is 2.38. The van der Waals surface area contributed by atoms with Gasteiger partial charge in [0.2, 0.25) is 0 Å². The Bertz CT molecular complexity index is 391. The normalized spacial score (nSPS) is 21.6. The lowest BCUT2D eigenvalue weighted by Gasteiger charge is -2.16. The van der Waals surface area contributed by atoms with Gasteiger partial charge in [-0.25, -0.2) is 10.4 Å². The number of hydrogen-bond acceptors (Lipinski definition) is 2. The van der Waals surface area contributed by atoms with Crippen molar-refractivity contribution < 1.29 is 18.0 Å². The van der Waals surface area contributed by atoms with Crippen molar-refractivity contribution in [2.45, 2.75) is 6.18 Å². The lowest BCUT2D eigenvalue weighted by atomic mass is 10.1. The van der Waals surface area contributed by atoms with Gasteiger partial charge in [0.15, 0.2) is 0 Å². The van der Waals surface area contributed by atoms with E-state index in [2.05, 4.69) is 5.43 Å². The summed E-state index contributed by atoms with van der Waals surface area (Å²) in [7, 11) is 0. The molecular formula is C10H9F3N2O. The zero-order valence-corrected chi connectivity index (χ0v) is 8.16. The van der Waals surface area contributed by atoms with Crippen LogP contribution in [0.25, 0.3) is 0 Å². The zero-order valence-electron chi connectivity index (χ0n) is 8.16. The van der Waals surface area contributed by atoms with Gasteiger partial charge in [0, 0.05) is 6.54 Å². The highest BCUT2D eigenvalue weighted by Crippen LogP contribution is 2.31. The molecule has 1 aromatic rings. The Morgan fingerprint density at radius 1 is 1.25 bits per heavy atom.